The number of carbonyl (C=O) groups is 1. The molecular weight excluding hydrogens is 166 g/mol. The van der Waals surface area contributed by atoms with Gasteiger partial charge in [-0.3, -0.25) is 4.79 Å². The van der Waals surface area contributed by atoms with Gasteiger partial charge in [0.2, 0.25) is 5.91 Å². The molecule has 1 aromatic heterocycles. The molecule has 1 amide bonds. The summed E-state index contributed by atoms with van der Waals surface area (Å²) in [5.74, 6) is -0.416. The molecule has 72 valence electrons. The highest BCUT2D eigenvalue weighted by atomic mass is 16.1. The smallest absolute Gasteiger partial charge is 0.222 e. The second kappa shape index (κ2) is 4.09. The minimum Gasteiger partial charge on any atom is -0.369 e. The summed E-state index contributed by atoms with van der Waals surface area (Å²) in [6.07, 6.45) is 3.83. The third-order valence-corrected chi connectivity index (χ3v) is 2.02. The van der Waals surface area contributed by atoms with Gasteiger partial charge in [-0.1, -0.05) is 6.92 Å². The summed E-state index contributed by atoms with van der Waals surface area (Å²) in [4.78, 5) is 10.8. The van der Waals surface area contributed by atoms with Crippen molar-refractivity contribution >= 4 is 5.91 Å². The second-order valence-corrected chi connectivity index (χ2v) is 3.22. The first-order chi connectivity index (χ1) is 6.13. The Morgan fingerprint density at radius 1 is 1.69 bits per heavy atom. The van der Waals surface area contributed by atoms with Crippen molar-refractivity contribution < 1.29 is 4.79 Å². The number of aromatic nitrogens is 1. The van der Waals surface area contributed by atoms with Crippen molar-refractivity contribution in [3.63, 3.8) is 0 Å². The Morgan fingerprint density at radius 2 is 2.38 bits per heavy atom. The Balaban J connectivity index is 2.58. The van der Waals surface area contributed by atoms with E-state index >= 15 is 0 Å². The molecule has 0 saturated heterocycles. The van der Waals surface area contributed by atoms with Crippen LogP contribution in [-0.2, 0) is 17.9 Å². The highest BCUT2D eigenvalue weighted by Crippen LogP contribution is 2.04. The number of hydrogen-bond acceptors (Lipinski definition) is 2. The molecule has 4 N–H and O–H groups in total. The number of primary amides is 1. The maximum atomic E-state index is 10.8. The molecule has 4 nitrogen and oxygen atoms in total. The zero-order valence-corrected chi connectivity index (χ0v) is 7.73. The topological polar surface area (TPSA) is 74.0 Å². The van der Waals surface area contributed by atoms with Gasteiger partial charge in [-0.25, -0.2) is 0 Å². The van der Waals surface area contributed by atoms with E-state index in [0.717, 1.165) is 5.56 Å². The van der Waals surface area contributed by atoms with Crippen LogP contribution in [0.3, 0.4) is 0 Å². The standard InChI is InChI=1S/C9H15N3O/c1-7(9(11)13)5-12-3-2-8(4-10)6-12/h2-3,6-7H,4-5,10H2,1H3,(H2,11,13). The van der Waals surface area contributed by atoms with Gasteiger partial charge in [0.15, 0.2) is 0 Å². The summed E-state index contributed by atoms with van der Waals surface area (Å²) in [5.41, 5.74) is 11.7. The van der Waals surface area contributed by atoms with E-state index in [-0.39, 0.29) is 11.8 Å². The lowest BCUT2D eigenvalue weighted by Gasteiger charge is -2.07. The van der Waals surface area contributed by atoms with Gasteiger partial charge >= 0.3 is 0 Å². The van der Waals surface area contributed by atoms with Crippen LogP contribution in [0.1, 0.15) is 12.5 Å². The minimum atomic E-state index is -0.275. The molecule has 0 aliphatic rings. The molecule has 0 fully saturated rings. The van der Waals surface area contributed by atoms with E-state index in [2.05, 4.69) is 0 Å². The van der Waals surface area contributed by atoms with E-state index in [1.165, 1.54) is 0 Å². The minimum absolute atomic E-state index is 0.141. The largest absolute Gasteiger partial charge is 0.369 e. The quantitative estimate of drug-likeness (QED) is 0.689. The predicted octanol–water partition coefficient (Wildman–Crippen LogP) is 0.0682. The normalized spacial score (nSPS) is 12.8. The summed E-state index contributed by atoms with van der Waals surface area (Å²) < 4.78 is 1.93. The highest BCUT2D eigenvalue weighted by Gasteiger charge is 2.08. The molecule has 0 radical (unpaired) electrons. The third-order valence-electron chi connectivity index (χ3n) is 2.02. The highest BCUT2D eigenvalue weighted by molar-refractivity contribution is 5.76. The summed E-state index contributed by atoms with van der Waals surface area (Å²) >= 11 is 0. The van der Waals surface area contributed by atoms with Crippen molar-refractivity contribution in [2.75, 3.05) is 0 Å². The predicted molar refractivity (Wildman–Crippen MR) is 50.7 cm³/mol. The van der Waals surface area contributed by atoms with Gasteiger partial charge in [0.1, 0.15) is 0 Å². The maximum absolute atomic E-state index is 10.8. The average Bonchev–Trinajstić information content (AvgIpc) is 2.52. The molecule has 1 atom stereocenters. The van der Waals surface area contributed by atoms with Crippen molar-refractivity contribution in [3.05, 3.63) is 24.0 Å². The van der Waals surface area contributed by atoms with Crippen molar-refractivity contribution in [2.45, 2.75) is 20.0 Å². The van der Waals surface area contributed by atoms with Gasteiger partial charge in [-0.15, -0.1) is 0 Å². The number of nitrogens with zero attached hydrogens (tertiary/aromatic N) is 1. The van der Waals surface area contributed by atoms with Gasteiger partial charge in [-0.05, 0) is 11.6 Å². The first-order valence-corrected chi connectivity index (χ1v) is 4.27. The Bertz CT molecular complexity index is 293. The molecule has 0 aliphatic carbocycles. The molecule has 0 aliphatic heterocycles. The van der Waals surface area contributed by atoms with E-state index in [1.807, 2.05) is 30.0 Å². The number of nitrogens with two attached hydrogens (primary N) is 2. The van der Waals surface area contributed by atoms with E-state index in [9.17, 15) is 4.79 Å². The summed E-state index contributed by atoms with van der Waals surface area (Å²) in [7, 11) is 0. The third kappa shape index (κ3) is 2.59. The second-order valence-electron chi connectivity index (χ2n) is 3.22. The summed E-state index contributed by atoms with van der Waals surface area (Å²) in [6.45, 7) is 2.96. The van der Waals surface area contributed by atoms with Gasteiger partial charge in [0.25, 0.3) is 0 Å². The van der Waals surface area contributed by atoms with Crippen LogP contribution >= 0.6 is 0 Å². The number of amides is 1. The van der Waals surface area contributed by atoms with Crippen LogP contribution in [0.4, 0.5) is 0 Å². The molecule has 4 heteroatoms. The Labute approximate surface area is 77.5 Å². The van der Waals surface area contributed by atoms with Crippen molar-refractivity contribution in [1.82, 2.24) is 4.57 Å². The Kier molecular flexibility index (Phi) is 3.08. The van der Waals surface area contributed by atoms with E-state index < -0.39 is 0 Å². The van der Waals surface area contributed by atoms with Crippen molar-refractivity contribution in [3.8, 4) is 0 Å². The fraction of sp³-hybridized carbons (Fsp3) is 0.444. The molecule has 1 heterocycles. The van der Waals surface area contributed by atoms with Crippen LogP contribution in [0.15, 0.2) is 18.5 Å². The molecule has 1 aromatic rings. The zero-order valence-electron chi connectivity index (χ0n) is 7.73. The van der Waals surface area contributed by atoms with Crippen LogP contribution in [0.5, 0.6) is 0 Å². The molecule has 0 aromatic carbocycles. The Morgan fingerprint density at radius 3 is 2.85 bits per heavy atom. The van der Waals surface area contributed by atoms with Gasteiger partial charge < -0.3 is 16.0 Å². The molecule has 0 saturated carbocycles. The zero-order chi connectivity index (χ0) is 9.84. The maximum Gasteiger partial charge on any atom is 0.222 e. The summed E-state index contributed by atoms with van der Waals surface area (Å²) in [6, 6.07) is 1.94. The van der Waals surface area contributed by atoms with Crippen LogP contribution in [0, 0.1) is 5.92 Å². The molecular formula is C9H15N3O. The number of rotatable bonds is 4. The average molecular weight is 181 g/mol. The first-order valence-electron chi connectivity index (χ1n) is 4.27. The van der Waals surface area contributed by atoms with E-state index in [4.69, 9.17) is 11.5 Å². The lowest BCUT2D eigenvalue weighted by Crippen LogP contribution is -2.24. The lowest BCUT2D eigenvalue weighted by atomic mass is 10.2. The molecule has 0 bridgehead atoms. The first kappa shape index (κ1) is 9.80. The van der Waals surface area contributed by atoms with Crippen LogP contribution < -0.4 is 11.5 Å². The number of carbonyl (C=O) groups excluding carboxylic acids is 1. The summed E-state index contributed by atoms with van der Waals surface area (Å²) in [5, 5.41) is 0. The molecule has 0 spiro atoms. The van der Waals surface area contributed by atoms with E-state index in [0.29, 0.717) is 13.1 Å². The van der Waals surface area contributed by atoms with Gasteiger partial charge in [-0.2, -0.15) is 0 Å². The van der Waals surface area contributed by atoms with Crippen LogP contribution in [0.2, 0.25) is 0 Å². The van der Waals surface area contributed by atoms with Crippen LogP contribution in [0.25, 0.3) is 0 Å². The monoisotopic (exact) mass is 181 g/mol. The fourth-order valence-corrected chi connectivity index (χ4v) is 1.13. The molecule has 13 heavy (non-hydrogen) atoms. The molecule has 1 rings (SSSR count). The van der Waals surface area contributed by atoms with Gasteiger partial charge in [0, 0.05) is 25.5 Å². The molecule has 1 unspecified atom stereocenters. The van der Waals surface area contributed by atoms with Gasteiger partial charge in [0.05, 0.1) is 5.92 Å². The SMILES string of the molecule is CC(Cn1ccc(CN)c1)C(N)=O. The Hall–Kier alpha value is -1.29. The van der Waals surface area contributed by atoms with Crippen LogP contribution in [-0.4, -0.2) is 10.5 Å². The fourth-order valence-electron chi connectivity index (χ4n) is 1.13. The van der Waals surface area contributed by atoms with Crippen molar-refractivity contribution in [2.24, 2.45) is 17.4 Å². The van der Waals surface area contributed by atoms with Crippen molar-refractivity contribution in [1.29, 1.82) is 0 Å². The lowest BCUT2D eigenvalue weighted by molar-refractivity contribution is -0.121. The number of hydrogen-bond donors (Lipinski definition) is 2. The van der Waals surface area contributed by atoms with E-state index in [1.54, 1.807) is 0 Å².